The smallest absolute Gasteiger partial charge is 0.294 e. The third-order valence-electron chi connectivity index (χ3n) is 4.84. The van der Waals surface area contributed by atoms with Crippen LogP contribution in [-0.2, 0) is 4.79 Å². The van der Waals surface area contributed by atoms with E-state index in [2.05, 4.69) is 4.98 Å². The fraction of sp³-hybridized carbons (Fsp3) is 0.136. The van der Waals surface area contributed by atoms with Crippen molar-refractivity contribution in [1.29, 1.82) is 0 Å². The molecule has 0 aliphatic carbocycles. The number of hydrogen-bond donors (Lipinski definition) is 1. The molecule has 1 unspecified atom stereocenters. The molecule has 6 heteroatoms. The predicted molar refractivity (Wildman–Crippen MR) is 103 cm³/mol. The summed E-state index contributed by atoms with van der Waals surface area (Å²) in [7, 11) is 0. The van der Waals surface area contributed by atoms with Gasteiger partial charge in [0.15, 0.2) is 11.5 Å². The average Bonchev–Trinajstić information content (AvgIpc) is 3.32. The van der Waals surface area contributed by atoms with Gasteiger partial charge in [-0.1, -0.05) is 12.1 Å². The molecule has 1 aromatic carbocycles. The van der Waals surface area contributed by atoms with Crippen LogP contribution in [0.25, 0.3) is 0 Å². The Bertz CT molecular complexity index is 1080. The number of carbonyl (C=O) groups excluding carboxylic acids is 2. The first kappa shape index (κ1) is 17.7. The third-order valence-corrected chi connectivity index (χ3v) is 4.84. The highest BCUT2D eigenvalue weighted by Gasteiger charge is 2.45. The van der Waals surface area contributed by atoms with Crippen molar-refractivity contribution in [3.8, 4) is 0 Å². The van der Waals surface area contributed by atoms with Crippen molar-refractivity contribution in [1.82, 2.24) is 4.98 Å². The second-order valence-electron chi connectivity index (χ2n) is 6.72. The molecule has 1 aliphatic rings. The summed E-state index contributed by atoms with van der Waals surface area (Å²) in [6.45, 7) is 3.81. The summed E-state index contributed by atoms with van der Waals surface area (Å²) in [4.78, 5) is 31.6. The van der Waals surface area contributed by atoms with Gasteiger partial charge in [-0.3, -0.25) is 19.5 Å². The molecule has 0 radical (unpaired) electrons. The number of anilines is 1. The van der Waals surface area contributed by atoms with Crippen molar-refractivity contribution in [3.05, 3.63) is 94.9 Å². The van der Waals surface area contributed by atoms with Gasteiger partial charge in [0.25, 0.3) is 5.91 Å². The van der Waals surface area contributed by atoms with Gasteiger partial charge < -0.3 is 9.52 Å². The van der Waals surface area contributed by atoms with E-state index in [4.69, 9.17) is 4.42 Å². The van der Waals surface area contributed by atoms with Crippen molar-refractivity contribution in [2.24, 2.45) is 0 Å². The van der Waals surface area contributed by atoms with Crippen LogP contribution in [0.3, 0.4) is 0 Å². The van der Waals surface area contributed by atoms with Crippen LogP contribution in [0.4, 0.5) is 5.69 Å². The van der Waals surface area contributed by atoms with Crippen LogP contribution in [0.1, 0.15) is 33.3 Å². The Hall–Kier alpha value is -3.67. The molecule has 4 rings (SSSR count). The van der Waals surface area contributed by atoms with Crippen molar-refractivity contribution in [2.75, 3.05) is 4.90 Å². The number of hydrogen-bond acceptors (Lipinski definition) is 5. The number of furan rings is 1. The van der Waals surface area contributed by atoms with Crippen molar-refractivity contribution >= 4 is 17.4 Å². The van der Waals surface area contributed by atoms with Gasteiger partial charge in [0.2, 0.25) is 5.78 Å². The number of pyridine rings is 1. The lowest BCUT2D eigenvalue weighted by atomic mass is 9.95. The normalized spacial score (nSPS) is 16.7. The summed E-state index contributed by atoms with van der Waals surface area (Å²) < 4.78 is 5.22. The number of nitrogens with zero attached hydrogens (tertiary/aromatic N) is 2. The van der Waals surface area contributed by atoms with Gasteiger partial charge >= 0.3 is 0 Å². The lowest BCUT2D eigenvalue weighted by molar-refractivity contribution is -0.117. The number of aryl methyl sites for hydroxylation is 2. The molecule has 1 atom stereocenters. The van der Waals surface area contributed by atoms with Gasteiger partial charge in [-0.15, -0.1) is 0 Å². The maximum Gasteiger partial charge on any atom is 0.294 e. The number of benzene rings is 1. The molecule has 0 spiro atoms. The third kappa shape index (κ3) is 2.79. The first-order valence-corrected chi connectivity index (χ1v) is 8.81. The van der Waals surface area contributed by atoms with E-state index >= 15 is 0 Å². The monoisotopic (exact) mass is 374 g/mol. The minimum atomic E-state index is -0.784. The molecular formula is C22H18N2O4. The highest BCUT2D eigenvalue weighted by molar-refractivity contribution is 6.20. The Morgan fingerprint density at radius 1 is 1.14 bits per heavy atom. The zero-order valence-corrected chi connectivity index (χ0v) is 15.4. The molecule has 0 saturated heterocycles. The summed E-state index contributed by atoms with van der Waals surface area (Å²) in [5, 5.41) is 10.7. The number of carbonyl (C=O) groups is 2. The number of aliphatic hydroxyl groups is 1. The molecular weight excluding hydrogens is 356 g/mol. The van der Waals surface area contributed by atoms with Crippen LogP contribution in [0, 0.1) is 13.8 Å². The number of ketones is 1. The van der Waals surface area contributed by atoms with E-state index in [1.807, 2.05) is 32.0 Å². The molecule has 1 aliphatic heterocycles. The molecule has 0 saturated carbocycles. The summed E-state index contributed by atoms with van der Waals surface area (Å²) in [5.41, 5.74) is 3.13. The minimum Gasteiger partial charge on any atom is -0.503 e. The van der Waals surface area contributed by atoms with Crippen LogP contribution < -0.4 is 4.90 Å². The number of rotatable bonds is 4. The van der Waals surface area contributed by atoms with Crippen LogP contribution >= 0.6 is 0 Å². The zero-order chi connectivity index (χ0) is 19.8. The number of amides is 1. The van der Waals surface area contributed by atoms with Crippen molar-refractivity contribution in [3.63, 3.8) is 0 Å². The Balaban J connectivity index is 1.92. The van der Waals surface area contributed by atoms with E-state index in [-0.39, 0.29) is 11.3 Å². The van der Waals surface area contributed by atoms with Gasteiger partial charge in [0, 0.05) is 18.1 Å². The molecule has 3 aromatic rings. The average molecular weight is 374 g/mol. The van der Waals surface area contributed by atoms with Gasteiger partial charge in [-0.25, -0.2) is 0 Å². The fourth-order valence-electron chi connectivity index (χ4n) is 3.47. The zero-order valence-electron chi connectivity index (χ0n) is 15.4. The Morgan fingerprint density at radius 3 is 2.57 bits per heavy atom. The Labute approximate surface area is 161 Å². The summed E-state index contributed by atoms with van der Waals surface area (Å²) >= 11 is 0. The topological polar surface area (TPSA) is 83.6 Å². The van der Waals surface area contributed by atoms with Crippen LogP contribution in [0.15, 0.2) is 76.9 Å². The van der Waals surface area contributed by atoms with E-state index in [0.29, 0.717) is 11.3 Å². The maximum absolute atomic E-state index is 13.1. The number of aromatic nitrogens is 1. The van der Waals surface area contributed by atoms with E-state index in [0.717, 1.165) is 11.1 Å². The highest BCUT2D eigenvalue weighted by Crippen LogP contribution is 2.42. The standard InChI is InChI=1S/C22H18N2O4/c1-13-5-6-14(2)16(12-13)24-19(15-7-9-23-10-8-15)18(21(26)22(24)27)20(25)17-4-3-11-28-17/h3-12,19,26H,1-2H3. The quantitative estimate of drug-likeness (QED) is 0.696. The molecule has 0 bridgehead atoms. The van der Waals surface area contributed by atoms with Crippen LogP contribution in [-0.4, -0.2) is 21.8 Å². The van der Waals surface area contributed by atoms with E-state index in [1.54, 1.807) is 30.6 Å². The number of aliphatic hydroxyl groups excluding tert-OH is 1. The second-order valence-corrected chi connectivity index (χ2v) is 6.72. The van der Waals surface area contributed by atoms with E-state index in [1.165, 1.54) is 17.2 Å². The molecule has 3 heterocycles. The Kier molecular flexibility index (Phi) is 4.31. The lowest BCUT2D eigenvalue weighted by Crippen LogP contribution is -2.31. The fourth-order valence-corrected chi connectivity index (χ4v) is 3.47. The van der Waals surface area contributed by atoms with Gasteiger partial charge in [-0.2, -0.15) is 0 Å². The number of Topliss-reactive ketones (excluding diaryl/α,β-unsaturated/α-hetero) is 1. The molecule has 28 heavy (non-hydrogen) atoms. The molecule has 1 amide bonds. The SMILES string of the molecule is Cc1ccc(C)c(N2C(=O)C(O)=C(C(=O)c3ccco3)C2c2ccncc2)c1. The highest BCUT2D eigenvalue weighted by atomic mass is 16.3. The minimum absolute atomic E-state index is 0.00736. The van der Waals surface area contributed by atoms with Gasteiger partial charge in [0.05, 0.1) is 17.9 Å². The first-order chi connectivity index (χ1) is 13.5. The van der Waals surface area contributed by atoms with Crippen LogP contribution in [0.5, 0.6) is 0 Å². The first-order valence-electron chi connectivity index (χ1n) is 8.81. The van der Waals surface area contributed by atoms with Gasteiger partial charge in [0.1, 0.15) is 0 Å². The summed E-state index contributed by atoms with van der Waals surface area (Å²) in [6, 6.07) is 11.5. The molecule has 0 fully saturated rings. The lowest BCUT2D eigenvalue weighted by Gasteiger charge is -2.28. The molecule has 140 valence electrons. The van der Waals surface area contributed by atoms with Gasteiger partial charge in [-0.05, 0) is 60.9 Å². The molecule has 1 N–H and O–H groups in total. The predicted octanol–water partition coefficient (Wildman–Crippen LogP) is 4.07. The summed E-state index contributed by atoms with van der Waals surface area (Å²) in [6.07, 6.45) is 4.56. The van der Waals surface area contributed by atoms with Crippen LogP contribution in [0.2, 0.25) is 0 Å². The second kappa shape index (κ2) is 6.81. The Morgan fingerprint density at radius 2 is 1.89 bits per heavy atom. The van der Waals surface area contributed by atoms with Crippen molar-refractivity contribution < 1.29 is 19.1 Å². The maximum atomic E-state index is 13.1. The summed E-state index contributed by atoms with van der Waals surface area (Å²) in [5.74, 6) is -1.64. The largest absolute Gasteiger partial charge is 0.503 e. The molecule has 6 nitrogen and oxygen atoms in total. The molecule has 2 aromatic heterocycles. The van der Waals surface area contributed by atoms with Crippen molar-refractivity contribution in [2.45, 2.75) is 19.9 Å². The van der Waals surface area contributed by atoms with E-state index < -0.39 is 23.5 Å². The van der Waals surface area contributed by atoms with E-state index in [9.17, 15) is 14.7 Å².